The van der Waals surface area contributed by atoms with Crippen molar-refractivity contribution < 1.29 is 23.8 Å². The molecule has 2 unspecified atom stereocenters. The molecule has 5 heteroatoms. The Morgan fingerprint density at radius 1 is 0.852 bits per heavy atom. The average molecular weight is 366 g/mol. The van der Waals surface area contributed by atoms with E-state index in [-0.39, 0.29) is 22.8 Å². The second-order valence-corrected chi connectivity index (χ2v) is 6.77. The lowest BCUT2D eigenvalue weighted by molar-refractivity contribution is -0.138. The van der Waals surface area contributed by atoms with Gasteiger partial charge < -0.3 is 10.2 Å². The van der Waals surface area contributed by atoms with Gasteiger partial charge in [-0.2, -0.15) is 0 Å². The fraction of sp³-hybridized carbons (Fsp3) is 0.136. The fourth-order valence-electron chi connectivity index (χ4n) is 3.38. The van der Waals surface area contributed by atoms with E-state index >= 15 is 0 Å². The van der Waals surface area contributed by atoms with Gasteiger partial charge in [0.05, 0.1) is 5.92 Å². The molecule has 2 atom stereocenters. The molecule has 3 aromatic rings. The first-order chi connectivity index (χ1) is 12.9. The quantitative estimate of drug-likeness (QED) is 0.668. The van der Waals surface area contributed by atoms with Crippen molar-refractivity contribution in [3.05, 3.63) is 77.9 Å². The highest BCUT2D eigenvalue weighted by Gasteiger charge is 2.44. The number of aromatic hydroxyl groups is 1. The third-order valence-corrected chi connectivity index (χ3v) is 4.99. The Balaban J connectivity index is 1.63. The molecule has 0 spiro atoms. The van der Waals surface area contributed by atoms with Crippen LogP contribution in [0.15, 0.2) is 60.7 Å². The molecule has 1 fully saturated rings. The third-order valence-electron chi connectivity index (χ3n) is 4.99. The van der Waals surface area contributed by atoms with Crippen LogP contribution in [-0.2, 0) is 4.79 Å². The molecule has 0 aromatic heterocycles. The van der Waals surface area contributed by atoms with Crippen molar-refractivity contribution in [1.82, 2.24) is 0 Å². The number of phenols is 1. The van der Waals surface area contributed by atoms with Crippen LogP contribution in [0.1, 0.15) is 17.9 Å². The predicted molar refractivity (Wildman–Crippen MR) is 97.4 cm³/mol. The first kappa shape index (κ1) is 17.2. The lowest BCUT2D eigenvalue weighted by Gasteiger charge is -2.09. The van der Waals surface area contributed by atoms with Crippen molar-refractivity contribution in [2.24, 2.45) is 5.92 Å². The molecular weight excluding hydrogens is 350 g/mol. The second kappa shape index (κ2) is 6.50. The maximum Gasteiger partial charge on any atom is 0.307 e. The molecule has 1 aliphatic carbocycles. The van der Waals surface area contributed by atoms with Crippen LogP contribution in [0.4, 0.5) is 8.78 Å². The number of phenolic OH excluding ortho intramolecular Hbond substituents is 1. The van der Waals surface area contributed by atoms with Crippen LogP contribution in [0.25, 0.3) is 22.3 Å². The van der Waals surface area contributed by atoms with Crippen molar-refractivity contribution in [2.75, 3.05) is 0 Å². The topological polar surface area (TPSA) is 57.5 Å². The predicted octanol–water partition coefficient (Wildman–Crippen LogP) is 5.19. The summed E-state index contributed by atoms with van der Waals surface area (Å²) in [5.74, 6) is -2.51. The van der Waals surface area contributed by atoms with Gasteiger partial charge in [0.1, 0.15) is 17.4 Å². The summed E-state index contributed by atoms with van der Waals surface area (Å²) in [5, 5.41) is 18.3. The van der Waals surface area contributed by atoms with Gasteiger partial charge in [-0.05, 0) is 53.3 Å². The minimum atomic E-state index is -0.875. The van der Waals surface area contributed by atoms with Gasteiger partial charge in [0.15, 0.2) is 0 Å². The summed E-state index contributed by atoms with van der Waals surface area (Å²) in [4.78, 5) is 11.0. The highest BCUT2D eigenvalue weighted by atomic mass is 19.1. The van der Waals surface area contributed by atoms with Crippen LogP contribution in [0, 0.1) is 17.6 Å². The summed E-state index contributed by atoms with van der Waals surface area (Å²) in [7, 11) is 0. The number of hydrogen-bond donors (Lipinski definition) is 2. The average Bonchev–Trinajstić information content (AvgIpc) is 3.44. The summed E-state index contributed by atoms with van der Waals surface area (Å²) < 4.78 is 29.2. The van der Waals surface area contributed by atoms with E-state index in [0.717, 1.165) is 5.56 Å². The van der Waals surface area contributed by atoms with Gasteiger partial charge in [0.2, 0.25) is 0 Å². The monoisotopic (exact) mass is 366 g/mol. The third kappa shape index (κ3) is 3.28. The van der Waals surface area contributed by atoms with Crippen molar-refractivity contribution in [2.45, 2.75) is 12.3 Å². The normalized spacial score (nSPS) is 18.3. The van der Waals surface area contributed by atoms with E-state index in [9.17, 15) is 18.7 Å². The number of carbonyl (C=O) groups is 1. The van der Waals surface area contributed by atoms with Crippen molar-refractivity contribution in [3.63, 3.8) is 0 Å². The van der Waals surface area contributed by atoms with Crippen molar-refractivity contribution in [3.8, 4) is 28.0 Å². The molecule has 1 saturated carbocycles. The number of carboxylic acids is 1. The molecule has 2 N–H and O–H groups in total. The van der Waals surface area contributed by atoms with Crippen LogP contribution >= 0.6 is 0 Å². The second-order valence-electron chi connectivity index (χ2n) is 6.77. The summed E-state index contributed by atoms with van der Waals surface area (Å²) in [6.07, 6.45) is 0.504. The van der Waals surface area contributed by atoms with E-state index in [0.29, 0.717) is 17.5 Å². The van der Waals surface area contributed by atoms with Crippen molar-refractivity contribution in [1.29, 1.82) is 0 Å². The summed E-state index contributed by atoms with van der Waals surface area (Å²) >= 11 is 0. The van der Waals surface area contributed by atoms with Gasteiger partial charge in [0, 0.05) is 11.1 Å². The van der Waals surface area contributed by atoms with Gasteiger partial charge in [-0.25, -0.2) is 8.78 Å². The number of rotatable bonds is 4. The number of benzene rings is 3. The molecule has 0 heterocycles. The number of carboxylic acid groups (broad SMARTS) is 1. The first-order valence-corrected chi connectivity index (χ1v) is 8.55. The number of halogens is 2. The van der Waals surface area contributed by atoms with E-state index < -0.39 is 23.5 Å². The molecule has 3 nitrogen and oxygen atoms in total. The zero-order valence-electron chi connectivity index (χ0n) is 14.2. The Labute approximate surface area is 154 Å². The molecular formula is C22H16F2O3. The Morgan fingerprint density at radius 2 is 1.44 bits per heavy atom. The molecule has 3 aromatic carbocycles. The molecule has 27 heavy (non-hydrogen) atoms. The van der Waals surface area contributed by atoms with E-state index in [2.05, 4.69) is 0 Å². The molecule has 136 valence electrons. The highest BCUT2D eigenvalue weighted by molar-refractivity contribution is 5.76. The minimum absolute atomic E-state index is 0.124. The van der Waals surface area contributed by atoms with E-state index in [1.165, 1.54) is 36.4 Å². The Hall–Kier alpha value is -3.21. The van der Waals surface area contributed by atoms with Gasteiger partial charge in [0.25, 0.3) is 0 Å². The molecule has 0 bridgehead atoms. The standard InChI is InChI=1S/C22H16F2O3/c23-20-9-13(12-1-5-15(25)6-2-12)3-7-16(20)17-8-4-14(10-21(17)24)18-11-19(18)22(26)27/h1-10,18-19,25H,11H2,(H,26,27). The zero-order chi connectivity index (χ0) is 19.1. The maximum atomic E-state index is 14.6. The Morgan fingerprint density at radius 3 is 2.00 bits per heavy atom. The lowest BCUT2D eigenvalue weighted by atomic mass is 9.97. The Bertz CT molecular complexity index is 1030. The van der Waals surface area contributed by atoms with Crippen LogP contribution in [0.2, 0.25) is 0 Å². The van der Waals surface area contributed by atoms with E-state index in [4.69, 9.17) is 5.11 Å². The van der Waals surface area contributed by atoms with Crippen LogP contribution < -0.4 is 0 Å². The minimum Gasteiger partial charge on any atom is -0.508 e. The van der Waals surface area contributed by atoms with E-state index in [1.807, 2.05) is 0 Å². The smallest absolute Gasteiger partial charge is 0.307 e. The Kier molecular flexibility index (Phi) is 4.15. The molecule has 0 saturated heterocycles. The molecule has 4 rings (SSSR count). The first-order valence-electron chi connectivity index (χ1n) is 8.55. The number of aliphatic carboxylic acids is 1. The summed E-state index contributed by atoms with van der Waals surface area (Å²) in [6, 6.07) is 15.4. The fourth-order valence-corrected chi connectivity index (χ4v) is 3.38. The van der Waals surface area contributed by atoms with Crippen LogP contribution in [-0.4, -0.2) is 16.2 Å². The van der Waals surface area contributed by atoms with Gasteiger partial charge >= 0.3 is 5.97 Å². The maximum absolute atomic E-state index is 14.6. The molecule has 1 aliphatic rings. The molecule has 0 radical (unpaired) electrons. The summed E-state index contributed by atoms with van der Waals surface area (Å²) in [6.45, 7) is 0. The van der Waals surface area contributed by atoms with Gasteiger partial charge in [-0.15, -0.1) is 0 Å². The molecule has 0 amide bonds. The number of hydrogen-bond acceptors (Lipinski definition) is 2. The highest BCUT2D eigenvalue weighted by Crippen LogP contribution is 2.48. The lowest BCUT2D eigenvalue weighted by Crippen LogP contribution is -1.99. The van der Waals surface area contributed by atoms with Crippen molar-refractivity contribution >= 4 is 5.97 Å². The van der Waals surface area contributed by atoms with Gasteiger partial charge in [-0.1, -0.05) is 36.4 Å². The molecule has 0 aliphatic heterocycles. The summed E-state index contributed by atoms with van der Waals surface area (Å²) in [5.41, 5.74) is 2.27. The van der Waals surface area contributed by atoms with Crippen LogP contribution in [0.5, 0.6) is 5.75 Å². The SMILES string of the molecule is O=C(O)C1CC1c1ccc(-c2ccc(-c3ccc(O)cc3)cc2F)c(F)c1. The largest absolute Gasteiger partial charge is 0.508 e. The van der Waals surface area contributed by atoms with E-state index in [1.54, 1.807) is 24.3 Å². The van der Waals surface area contributed by atoms with Gasteiger partial charge in [-0.3, -0.25) is 4.79 Å². The zero-order valence-corrected chi connectivity index (χ0v) is 14.2. The van der Waals surface area contributed by atoms with Crippen LogP contribution in [0.3, 0.4) is 0 Å².